The Morgan fingerprint density at radius 3 is 2.76 bits per heavy atom. The van der Waals surface area contributed by atoms with Gasteiger partial charge in [0.15, 0.2) is 5.75 Å². The summed E-state index contributed by atoms with van der Waals surface area (Å²) in [7, 11) is 0. The molecule has 0 fully saturated rings. The van der Waals surface area contributed by atoms with E-state index in [2.05, 4.69) is 0 Å². The highest BCUT2D eigenvalue weighted by molar-refractivity contribution is 6.31. The molecule has 0 unspecified atom stereocenters. The SMILES string of the molecule is N#Cc1ccc(OCc2c(F)cccc2Cl)c([N+](=O)[O-])c1. The van der Waals surface area contributed by atoms with Crippen molar-refractivity contribution in [2.75, 3.05) is 0 Å². The van der Waals surface area contributed by atoms with Gasteiger partial charge in [-0.05, 0) is 24.3 Å². The van der Waals surface area contributed by atoms with Gasteiger partial charge in [0.25, 0.3) is 0 Å². The van der Waals surface area contributed by atoms with Crippen LogP contribution in [0.15, 0.2) is 36.4 Å². The first-order chi connectivity index (χ1) is 10.0. The first-order valence-corrected chi connectivity index (χ1v) is 6.15. The third-order valence-corrected chi connectivity index (χ3v) is 3.07. The third-order valence-electron chi connectivity index (χ3n) is 2.72. The molecule has 0 heterocycles. The van der Waals surface area contributed by atoms with Gasteiger partial charge in [-0.15, -0.1) is 0 Å². The van der Waals surface area contributed by atoms with Crippen LogP contribution < -0.4 is 4.74 Å². The van der Waals surface area contributed by atoms with Crippen LogP contribution in [0.5, 0.6) is 5.75 Å². The minimum absolute atomic E-state index is 0.0571. The molecule has 5 nitrogen and oxygen atoms in total. The number of hydrogen-bond donors (Lipinski definition) is 0. The summed E-state index contributed by atoms with van der Waals surface area (Å²) in [6, 6.07) is 9.74. The molecule has 0 spiro atoms. The molecule has 0 aliphatic heterocycles. The van der Waals surface area contributed by atoms with E-state index in [1.165, 1.54) is 30.3 Å². The maximum atomic E-state index is 13.6. The molecule has 0 radical (unpaired) electrons. The molecule has 2 aromatic carbocycles. The summed E-state index contributed by atoms with van der Waals surface area (Å²) in [4.78, 5) is 10.3. The van der Waals surface area contributed by atoms with Crippen LogP contribution in [-0.4, -0.2) is 4.92 Å². The molecule has 0 N–H and O–H groups in total. The van der Waals surface area contributed by atoms with Gasteiger partial charge in [-0.3, -0.25) is 10.1 Å². The highest BCUT2D eigenvalue weighted by Crippen LogP contribution is 2.29. The zero-order valence-electron chi connectivity index (χ0n) is 10.5. The van der Waals surface area contributed by atoms with Crippen molar-refractivity contribution in [3.05, 3.63) is 68.5 Å². The summed E-state index contributed by atoms with van der Waals surface area (Å²) < 4.78 is 18.9. The van der Waals surface area contributed by atoms with Crippen LogP contribution >= 0.6 is 11.6 Å². The zero-order chi connectivity index (χ0) is 15.4. The van der Waals surface area contributed by atoms with Gasteiger partial charge in [-0.1, -0.05) is 17.7 Å². The van der Waals surface area contributed by atoms with Crippen LogP contribution in [0.4, 0.5) is 10.1 Å². The molecule has 0 aliphatic rings. The lowest BCUT2D eigenvalue weighted by Gasteiger charge is -2.09. The Labute approximate surface area is 124 Å². The van der Waals surface area contributed by atoms with Gasteiger partial charge in [-0.25, -0.2) is 4.39 Å². The first-order valence-electron chi connectivity index (χ1n) is 5.77. The van der Waals surface area contributed by atoms with Crippen molar-refractivity contribution in [3.63, 3.8) is 0 Å². The first kappa shape index (κ1) is 14.8. The van der Waals surface area contributed by atoms with Crippen molar-refractivity contribution in [1.29, 1.82) is 5.26 Å². The van der Waals surface area contributed by atoms with Crippen molar-refractivity contribution in [3.8, 4) is 11.8 Å². The van der Waals surface area contributed by atoms with E-state index in [9.17, 15) is 14.5 Å². The van der Waals surface area contributed by atoms with Gasteiger partial charge in [-0.2, -0.15) is 5.26 Å². The quantitative estimate of drug-likeness (QED) is 0.635. The predicted molar refractivity (Wildman–Crippen MR) is 73.6 cm³/mol. The smallest absolute Gasteiger partial charge is 0.312 e. The van der Waals surface area contributed by atoms with Crippen molar-refractivity contribution >= 4 is 17.3 Å². The van der Waals surface area contributed by atoms with Crippen molar-refractivity contribution in [1.82, 2.24) is 0 Å². The van der Waals surface area contributed by atoms with E-state index < -0.39 is 10.7 Å². The molecule has 0 aliphatic carbocycles. The molecule has 0 saturated carbocycles. The lowest BCUT2D eigenvalue weighted by Crippen LogP contribution is -2.02. The number of nitriles is 1. The van der Waals surface area contributed by atoms with Crippen molar-refractivity contribution in [2.45, 2.75) is 6.61 Å². The topological polar surface area (TPSA) is 76.2 Å². The Hall–Kier alpha value is -2.65. The second-order valence-corrected chi connectivity index (χ2v) is 4.45. The van der Waals surface area contributed by atoms with Gasteiger partial charge in [0, 0.05) is 11.6 Å². The Morgan fingerprint density at radius 1 is 1.38 bits per heavy atom. The minimum Gasteiger partial charge on any atom is -0.482 e. The molecule has 0 bridgehead atoms. The number of nitrogens with zero attached hydrogens (tertiary/aromatic N) is 2. The summed E-state index contributed by atoms with van der Waals surface area (Å²) >= 11 is 5.85. The van der Waals surface area contributed by atoms with Crippen LogP contribution in [0.25, 0.3) is 0 Å². The second-order valence-electron chi connectivity index (χ2n) is 4.04. The van der Waals surface area contributed by atoms with Gasteiger partial charge >= 0.3 is 5.69 Å². The van der Waals surface area contributed by atoms with Gasteiger partial charge in [0.1, 0.15) is 12.4 Å². The number of hydrogen-bond acceptors (Lipinski definition) is 4. The number of nitro groups is 1. The van der Waals surface area contributed by atoms with Crippen LogP contribution in [0.2, 0.25) is 5.02 Å². The fraction of sp³-hybridized carbons (Fsp3) is 0.0714. The van der Waals surface area contributed by atoms with Crippen LogP contribution in [0, 0.1) is 27.3 Å². The maximum Gasteiger partial charge on any atom is 0.312 e. The predicted octanol–water partition coefficient (Wildman–Crippen LogP) is 3.84. The van der Waals surface area contributed by atoms with Crippen molar-refractivity contribution in [2.24, 2.45) is 0 Å². The molecule has 0 aromatic heterocycles. The average Bonchev–Trinajstić information content (AvgIpc) is 2.46. The molecule has 2 rings (SSSR count). The van der Waals surface area contributed by atoms with Gasteiger partial charge in [0.2, 0.25) is 0 Å². The standard InChI is InChI=1S/C14H8ClFN2O3/c15-11-2-1-3-12(16)10(11)8-21-14-5-4-9(7-17)6-13(14)18(19)20/h1-6H,8H2. The van der Waals surface area contributed by atoms with Crippen LogP contribution in [0.1, 0.15) is 11.1 Å². The number of halogens is 2. The summed E-state index contributed by atoms with van der Waals surface area (Å²) in [5.74, 6) is -0.614. The van der Waals surface area contributed by atoms with Gasteiger partial charge < -0.3 is 4.74 Å². The zero-order valence-corrected chi connectivity index (χ0v) is 11.3. The van der Waals surface area contributed by atoms with E-state index >= 15 is 0 Å². The van der Waals surface area contributed by atoms with E-state index in [4.69, 9.17) is 21.6 Å². The Kier molecular flexibility index (Phi) is 4.36. The molecular weight excluding hydrogens is 299 g/mol. The summed E-state index contributed by atoms with van der Waals surface area (Å²) in [6.07, 6.45) is 0. The second kappa shape index (κ2) is 6.20. The Morgan fingerprint density at radius 2 is 2.14 bits per heavy atom. The van der Waals surface area contributed by atoms with Crippen LogP contribution in [-0.2, 0) is 6.61 Å². The number of rotatable bonds is 4. The monoisotopic (exact) mass is 306 g/mol. The van der Waals surface area contributed by atoms with E-state index in [-0.39, 0.29) is 34.2 Å². The molecular formula is C14H8ClFN2O3. The molecule has 2 aromatic rings. The summed E-state index contributed by atoms with van der Waals surface area (Å²) in [5.41, 5.74) is -0.114. The molecule has 7 heteroatoms. The van der Waals surface area contributed by atoms with E-state index in [0.29, 0.717) is 0 Å². The fourth-order valence-electron chi connectivity index (χ4n) is 1.67. The summed E-state index contributed by atoms with van der Waals surface area (Å²) in [6.45, 7) is -0.252. The highest BCUT2D eigenvalue weighted by Gasteiger charge is 2.17. The number of benzene rings is 2. The largest absolute Gasteiger partial charge is 0.482 e. The average molecular weight is 307 g/mol. The molecule has 106 valence electrons. The van der Waals surface area contributed by atoms with Gasteiger partial charge in [0.05, 0.1) is 21.6 Å². The number of ether oxygens (including phenoxy) is 1. The Bertz CT molecular complexity index is 723. The summed E-state index contributed by atoms with van der Waals surface area (Å²) in [5, 5.41) is 19.9. The lowest BCUT2D eigenvalue weighted by atomic mass is 10.2. The van der Waals surface area contributed by atoms with E-state index in [1.54, 1.807) is 6.07 Å². The van der Waals surface area contributed by atoms with E-state index in [0.717, 1.165) is 6.07 Å². The fourth-order valence-corrected chi connectivity index (χ4v) is 1.89. The third kappa shape index (κ3) is 3.27. The van der Waals surface area contributed by atoms with Crippen molar-refractivity contribution < 1.29 is 14.1 Å². The molecule has 0 amide bonds. The molecule has 21 heavy (non-hydrogen) atoms. The lowest BCUT2D eigenvalue weighted by molar-refractivity contribution is -0.386. The normalized spacial score (nSPS) is 9.95. The molecule has 0 saturated heterocycles. The minimum atomic E-state index is -0.668. The number of nitro benzene ring substituents is 1. The van der Waals surface area contributed by atoms with Crippen LogP contribution in [0.3, 0.4) is 0 Å². The van der Waals surface area contributed by atoms with E-state index in [1.807, 2.05) is 0 Å². The highest BCUT2D eigenvalue weighted by atomic mass is 35.5. The maximum absolute atomic E-state index is 13.6. The molecule has 0 atom stereocenters. The Balaban J connectivity index is 2.28.